The number of nitrogens with zero attached hydrogens (tertiary/aromatic N) is 6. The number of rotatable bonds is 8. The third-order valence-corrected chi connectivity index (χ3v) is 9.29. The summed E-state index contributed by atoms with van der Waals surface area (Å²) in [6.07, 6.45) is 9.37. The zero-order valence-electron chi connectivity index (χ0n) is 19.8. The van der Waals surface area contributed by atoms with Gasteiger partial charge in [0, 0.05) is 28.2 Å². The Balaban J connectivity index is 1.20. The highest BCUT2D eigenvalue weighted by atomic mass is 32.2. The van der Waals surface area contributed by atoms with Gasteiger partial charge in [0.25, 0.3) is 11.8 Å². The Kier molecular flexibility index (Phi) is 6.53. The maximum atomic E-state index is 13.2. The lowest BCUT2D eigenvalue weighted by molar-refractivity contribution is -0.687. The largest absolute Gasteiger partial charge is 0.477 e. The van der Waals surface area contributed by atoms with E-state index in [9.17, 15) is 19.5 Å². The minimum Gasteiger partial charge on any atom is -0.477 e. The molecule has 3 aromatic rings. The molecule has 2 amide bonds. The molecule has 0 radical (unpaired) electrons. The molecule has 0 aromatic carbocycles. The Morgan fingerprint density at radius 1 is 1.34 bits per heavy atom. The standard InChI is InChI=1S/C22H22N8O5S3/c23-22-25-17(27-38-22)14(26-35-12-3-1-2-4-12)18(31)24-15-19(32)30-16(21(33)34)11(9-37-20(15)30)7-28-8-13-29(10-28)5-6-36-13/h5-6,8,10,12,15,20H,1-4,7,9H2,(H3-,23,24,25,27,31,33,34)/p+1/b26-14-/t15-,20-/m1/s1. The van der Waals surface area contributed by atoms with Crippen molar-refractivity contribution in [3.63, 3.8) is 0 Å². The number of thioether (sulfide) groups is 1. The maximum Gasteiger partial charge on any atom is 0.352 e. The van der Waals surface area contributed by atoms with Crippen LogP contribution in [-0.2, 0) is 25.8 Å². The van der Waals surface area contributed by atoms with Gasteiger partial charge >= 0.3 is 5.97 Å². The lowest BCUT2D eigenvalue weighted by atomic mass is 10.0. The number of fused-ring (bicyclic) bond motifs is 2. The SMILES string of the molecule is Nc1nc(/C(=N/OC2CCCC2)C(=O)N[C@@H]2C(=O)N3C(C(=O)O)=C(C[n+]4cc5sccn5c4)CS[C@H]23)ns1. The average molecular weight is 576 g/mol. The number of hydrogen-bond donors (Lipinski definition) is 3. The maximum absolute atomic E-state index is 13.2. The Hall–Kier alpha value is -3.50. The molecule has 16 heteroatoms. The number of hydrogen-bond acceptors (Lipinski definition) is 11. The van der Waals surface area contributed by atoms with E-state index in [0.29, 0.717) is 17.9 Å². The highest BCUT2D eigenvalue weighted by molar-refractivity contribution is 8.00. The molecule has 1 saturated carbocycles. The molecule has 5 heterocycles. The van der Waals surface area contributed by atoms with E-state index >= 15 is 0 Å². The number of thiazole rings is 1. The zero-order valence-corrected chi connectivity index (χ0v) is 22.3. The van der Waals surface area contributed by atoms with Gasteiger partial charge in [0.05, 0.1) is 0 Å². The Morgan fingerprint density at radius 3 is 2.87 bits per heavy atom. The summed E-state index contributed by atoms with van der Waals surface area (Å²) in [5.74, 6) is -1.96. The first-order chi connectivity index (χ1) is 18.4. The third-order valence-electron chi connectivity index (χ3n) is 6.59. The number of carbonyl (C=O) groups excluding carboxylic acids is 2. The quantitative estimate of drug-likeness (QED) is 0.152. The number of carbonyl (C=O) groups is 3. The number of carboxylic acids is 1. The molecule has 0 unspecified atom stereocenters. The van der Waals surface area contributed by atoms with Gasteiger partial charge in [-0.15, -0.1) is 11.8 Å². The fourth-order valence-corrected chi connectivity index (χ4v) is 7.31. The lowest BCUT2D eigenvalue weighted by Gasteiger charge is -2.49. The summed E-state index contributed by atoms with van der Waals surface area (Å²) in [6.45, 7) is 0.336. The van der Waals surface area contributed by atoms with Gasteiger partial charge in [-0.1, -0.05) is 16.5 Å². The van der Waals surface area contributed by atoms with Crippen LogP contribution in [0.3, 0.4) is 0 Å². The van der Waals surface area contributed by atoms with Crippen LogP contribution >= 0.6 is 34.6 Å². The van der Waals surface area contributed by atoms with Crippen molar-refractivity contribution in [2.24, 2.45) is 5.16 Å². The second kappa shape index (κ2) is 9.99. The number of β-lactam (4-membered cyclic amide) rings is 1. The van der Waals surface area contributed by atoms with Crippen LogP contribution in [0, 0.1) is 0 Å². The summed E-state index contributed by atoms with van der Waals surface area (Å²) < 4.78 is 7.92. The van der Waals surface area contributed by atoms with Crippen molar-refractivity contribution in [2.45, 2.75) is 49.7 Å². The fourth-order valence-electron chi connectivity index (χ4n) is 4.79. The van der Waals surface area contributed by atoms with E-state index in [0.717, 1.165) is 42.0 Å². The van der Waals surface area contributed by atoms with Crippen LogP contribution in [-0.4, -0.2) is 70.5 Å². The lowest BCUT2D eigenvalue weighted by Crippen LogP contribution is -2.71. The van der Waals surface area contributed by atoms with Crippen molar-refractivity contribution in [1.82, 2.24) is 24.0 Å². The molecule has 4 N–H and O–H groups in total. The number of aliphatic carboxylic acids is 1. The number of imidazole rings is 1. The number of amides is 2. The monoisotopic (exact) mass is 575 g/mol. The number of anilines is 1. The topological polar surface area (TPSA) is 168 Å². The Labute approximate surface area is 228 Å². The van der Waals surface area contributed by atoms with Crippen LogP contribution in [0.25, 0.3) is 4.83 Å². The van der Waals surface area contributed by atoms with Gasteiger partial charge in [-0.2, -0.15) is 13.8 Å². The summed E-state index contributed by atoms with van der Waals surface area (Å²) in [4.78, 5) is 50.5. The summed E-state index contributed by atoms with van der Waals surface area (Å²) in [6, 6.07) is -0.927. The molecule has 2 aliphatic heterocycles. The van der Waals surface area contributed by atoms with Gasteiger partial charge in [-0.25, -0.2) is 9.36 Å². The van der Waals surface area contributed by atoms with Crippen molar-refractivity contribution < 1.29 is 28.9 Å². The van der Waals surface area contributed by atoms with Gasteiger partial charge < -0.3 is 21.0 Å². The highest BCUT2D eigenvalue weighted by Gasteiger charge is 2.54. The second-order valence-electron chi connectivity index (χ2n) is 9.09. The minimum atomic E-state index is -1.18. The van der Waals surface area contributed by atoms with E-state index in [1.165, 1.54) is 16.7 Å². The van der Waals surface area contributed by atoms with Crippen LogP contribution < -0.4 is 15.6 Å². The Morgan fingerprint density at radius 2 is 2.16 bits per heavy atom. The third kappa shape index (κ3) is 4.52. The van der Waals surface area contributed by atoms with Crippen LogP contribution in [0.15, 0.2) is 40.5 Å². The van der Waals surface area contributed by atoms with Crippen molar-refractivity contribution in [1.29, 1.82) is 0 Å². The Bertz CT molecular complexity index is 1460. The molecule has 13 nitrogen and oxygen atoms in total. The molecule has 2 atom stereocenters. The number of nitrogen functional groups attached to an aromatic ring is 1. The molecule has 38 heavy (non-hydrogen) atoms. The van der Waals surface area contributed by atoms with E-state index in [1.807, 2.05) is 33.1 Å². The van der Waals surface area contributed by atoms with Crippen LogP contribution in [0.2, 0.25) is 0 Å². The first-order valence-electron chi connectivity index (χ1n) is 11.9. The van der Waals surface area contributed by atoms with E-state index < -0.39 is 29.2 Å². The first-order valence-corrected chi connectivity index (χ1v) is 14.6. The molecule has 2 fully saturated rings. The van der Waals surface area contributed by atoms with Crippen molar-refractivity contribution >= 4 is 68.1 Å². The first kappa shape index (κ1) is 24.8. The van der Waals surface area contributed by atoms with Gasteiger partial charge in [0.15, 0.2) is 5.13 Å². The van der Waals surface area contributed by atoms with E-state index in [1.54, 1.807) is 11.3 Å². The molecular weight excluding hydrogens is 552 g/mol. The molecule has 0 bridgehead atoms. The van der Waals surface area contributed by atoms with Crippen LogP contribution in [0.5, 0.6) is 0 Å². The predicted octanol–water partition coefficient (Wildman–Crippen LogP) is 0.824. The molecule has 6 rings (SSSR count). The number of oxime groups is 1. The van der Waals surface area contributed by atoms with Gasteiger partial charge in [0.2, 0.25) is 22.7 Å². The molecule has 198 valence electrons. The van der Waals surface area contributed by atoms with Crippen LogP contribution in [0.4, 0.5) is 5.13 Å². The van der Waals surface area contributed by atoms with Crippen molar-refractivity contribution in [2.75, 3.05) is 11.5 Å². The van der Waals surface area contributed by atoms with Crippen molar-refractivity contribution in [3.8, 4) is 0 Å². The van der Waals surface area contributed by atoms with Crippen LogP contribution in [0.1, 0.15) is 31.5 Å². The normalized spacial score (nSPS) is 22.1. The molecule has 1 aliphatic carbocycles. The number of nitrogens with one attached hydrogen (secondary N) is 1. The molecule has 3 aromatic heterocycles. The van der Waals surface area contributed by atoms with Gasteiger partial charge in [-0.3, -0.25) is 14.5 Å². The molecular formula is C22H23N8O5S3+. The van der Waals surface area contributed by atoms with E-state index in [2.05, 4.69) is 19.8 Å². The highest BCUT2D eigenvalue weighted by Crippen LogP contribution is 2.40. The molecule has 0 spiro atoms. The summed E-state index contributed by atoms with van der Waals surface area (Å²) in [7, 11) is 0. The molecule has 3 aliphatic rings. The smallest absolute Gasteiger partial charge is 0.352 e. The average Bonchev–Trinajstić information content (AvgIpc) is 3.68. The predicted molar refractivity (Wildman–Crippen MR) is 139 cm³/mol. The van der Waals surface area contributed by atoms with E-state index in [-0.39, 0.29) is 28.5 Å². The van der Waals surface area contributed by atoms with Gasteiger partial charge in [-0.05, 0) is 25.7 Å². The van der Waals surface area contributed by atoms with Gasteiger partial charge in [0.1, 0.15) is 42.2 Å². The number of nitrogens with two attached hydrogens (primary N) is 1. The second-order valence-corrected chi connectivity index (χ2v) is 11.9. The minimum absolute atomic E-state index is 0.0147. The van der Waals surface area contributed by atoms with Crippen molar-refractivity contribution in [3.05, 3.63) is 41.2 Å². The number of aromatic nitrogens is 4. The number of carboxylic acid groups (broad SMARTS) is 1. The molecule has 1 saturated heterocycles. The summed E-state index contributed by atoms with van der Waals surface area (Å²) in [5, 5.41) is 18.3. The summed E-state index contributed by atoms with van der Waals surface area (Å²) in [5.41, 5.74) is 6.11. The van der Waals surface area contributed by atoms with E-state index in [4.69, 9.17) is 10.6 Å². The summed E-state index contributed by atoms with van der Waals surface area (Å²) >= 11 is 3.89. The fraction of sp³-hybridized carbons (Fsp3) is 0.409. The zero-order chi connectivity index (χ0) is 26.4.